The van der Waals surface area contributed by atoms with Crippen molar-refractivity contribution in [2.45, 2.75) is 31.7 Å². The molecule has 0 amide bonds. The second-order valence-electron chi connectivity index (χ2n) is 5.52. The summed E-state index contributed by atoms with van der Waals surface area (Å²) in [4.78, 5) is 0. The summed E-state index contributed by atoms with van der Waals surface area (Å²) in [5, 5.41) is 3.25. The van der Waals surface area contributed by atoms with Gasteiger partial charge in [-0.3, -0.25) is 0 Å². The molecule has 2 N–H and O–H groups in total. The van der Waals surface area contributed by atoms with Gasteiger partial charge in [-0.05, 0) is 44.7 Å². The standard InChI is InChI=1S/C11H22N2O4S2/c14-18(15)7-4-11(9-18)13-19(16,17)8-3-10-1-5-12-6-2-10/h10-13H,1-9H2. The Morgan fingerprint density at radius 3 is 2.42 bits per heavy atom. The number of piperidine rings is 1. The summed E-state index contributed by atoms with van der Waals surface area (Å²) in [6.45, 7) is 1.91. The molecule has 112 valence electrons. The van der Waals surface area contributed by atoms with Gasteiger partial charge in [0.25, 0.3) is 0 Å². The fourth-order valence-corrected chi connectivity index (χ4v) is 5.94. The second-order valence-corrected chi connectivity index (χ2v) is 9.62. The predicted octanol–water partition coefficient (Wildman–Crippen LogP) is -0.517. The molecule has 0 aromatic heterocycles. The van der Waals surface area contributed by atoms with Crippen LogP contribution in [0.5, 0.6) is 0 Å². The van der Waals surface area contributed by atoms with Crippen LogP contribution in [0.1, 0.15) is 25.7 Å². The van der Waals surface area contributed by atoms with E-state index in [0.717, 1.165) is 25.9 Å². The molecule has 2 heterocycles. The lowest BCUT2D eigenvalue weighted by Crippen LogP contribution is -2.38. The van der Waals surface area contributed by atoms with Crippen LogP contribution in [0.25, 0.3) is 0 Å². The molecule has 0 bridgehead atoms. The Kier molecular flexibility index (Phi) is 4.86. The summed E-state index contributed by atoms with van der Waals surface area (Å²) in [6, 6.07) is -0.428. The van der Waals surface area contributed by atoms with E-state index >= 15 is 0 Å². The molecule has 0 aromatic rings. The first-order valence-electron chi connectivity index (χ1n) is 6.77. The molecular weight excluding hydrogens is 288 g/mol. The summed E-state index contributed by atoms with van der Waals surface area (Å²) in [7, 11) is -6.39. The molecule has 2 aliphatic rings. The zero-order chi connectivity index (χ0) is 13.9. The highest BCUT2D eigenvalue weighted by Crippen LogP contribution is 2.17. The van der Waals surface area contributed by atoms with E-state index in [1.54, 1.807) is 0 Å². The highest BCUT2D eigenvalue weighted by Gasteiger charge is 2.31. The van der Waals surface area contributed by atoms with Crippen molar-refractivity contribution in [1.82, 2.24) is 10.0 Å². The lowest BCUT2D eigenvalue weighted by molar-refractivity contribution is 0.365. The van der Waals surface area contributed by atoms with Crippen molar-refractivity contribution in [3.05, 3.63) is 0 Å². The lowest BCUT2D eigenvalue weighted by atomic mass is 9.96. The Hall–Kier alpha value is -0.180. The Balaban J connectivity index is 1.78. The van der Waals surface area contributed by atoms with Gasteiger partial charge in [-0.1, -0.05) is 0 Å². The van der Waals surface area contributed by atoms with Crippen molar-refractivity contribution >= 4 is 19.9 Å². The highest BCUT2D eigenvalue weighted by molar-refractivity contribution is 7.92. The monoisotopic (exact) mass is 310 g/mol. The lowest BCUT2D eigenvalue weighted by Gasteiger charge is -2.22. The van der Waals surface area contributed by atoms with Crippen LogP contribution < -0.4 is 10.0 Å². The van der Waals surface area contributed by atoms with Gasteiger partial charge in [0.1, 0.15) is 0 Å². The zero-order valence-electron chi connectivity index (χ0n) is 11.0. The van der Waals surface area contributed by atoms with E-state index in [1.807, 2.05) is 0 Å². The van der Waals surface area contributed by atoms with E-state index in [9.17, 15) is 16.8 Å². The number of hydrogen-bond donors (Lipinski definition) is 2. The molecule has 2 saturated heterocycles. The smallest absolute Gasteiger partial charge is 0.211 e. The number of rotatable bonds is 5. The molecule has 19 heavy (non-hydrogen) atoms. The third kappa shape index (κ3) is 5.02. The second kappa shape index (κ2) is 6.07. The molecule has 0 saturated carbocycles. The van der Waals surface area contributed by atoms with Crippen molar-refractivity contribution in [2.24, 2.45) is 5.92 Å². The maximum atomic E-state index is 11.9. The van der Waals surface area contributed by atoms with Gasteiger partial charge in [0.15, 0.2) is 9.84 Å². The molecule has 0 spiro atoms. The molecule has 0 aliphatic carbocycles. The Morgan fingerprint density at radius 2 is 1.84 bits per heavy atom. The Labute approximate surface area is 115 Å². The predicted molar refractivity (Wildman–Crippen MR) is 74.2 cm³/mol. The number of hydrogen-bond acceptors (Lipinski definition) is 5. The molecule has 2 rings (SSSR count). The SMILES string of the molecule is O=S1(=O)CCC(NS(=O)(=O)CCC2CCNCC2)C1. The summed E-state index contributed by atoms with van der Waals surface area (Å²) in [5.41, 5.74) is 0. The summed E-state index contributed by atoms with van der Waals surface area (Å²) >= 11 is 0. The van der Waals surface area contributed by atoms with Crippen LogP contribution in [0.2, 0.25) is 0 Å². The van der Waals surface area contributed by atoms with Gasteiger partial charge in [0.05, 0.1) is 17.3 Å². The maximum Gasteiger partial charge on any atom is 0.211 e. The quantitative estimate of drug-likeness (QED) is 0.713. The van der Waals surface area contributed by atoms with Gasteiger partial charge >= 0.3 is 0 Å². The molecular formula is C11H22N2O4S2. The Bertz CT molecular complexity index is 495. The molecule has 1 atom stereocenters. The van der Waals surface area contributed by atoms with E-state index in [1.165, 1.54) is 0 Å². The average molecular weight is 310 g/mol. The van der Waals surface area contributed by atoms with Gasteiger partial charge in [-0.2, -0.15) is 0 Å². The van der Waals surface area contributed by atoms with Crippen LogP contribution >= 0.6 is 0 Å². The number of nitrogens with one attached hydrogen (secondary N) is 2. The molecule has 6 nitrogen and oxygen atoms in total. The van der Waals surface area contributed by atoms with Crippen molar-refractivity contribution in [2.75, 3.05) is 30.3 Å². The summed E-state index contributed by atoms with van der Waals surface area (Å²) in [6.07, 6.45) is 3.10. The number of sulfonamides is 1. The summed E-state index contributed by atoms with van der Waals surface area (Å²) < 4.78 is 48.9. The third-order valence-corrected chi connectivity index (χ3v) is 7.07. The maximum absolute atomic E-state index is 11.9. The van der Waals surface area contributed by atoms with E-state index in [4.69, 9.17) is 0 Å². The van der Waals surface area contributed by atoms with Gasteiger partial charge in [-0.15, -0.1) is 0 Å². The van der Waals surface area contributed by atoms with E-state index < -0.39 is 25.9 Å². The largest absolute Gasteiger partial charge is 0.317 e. The fourth-order valence-electron chi connectivity index (χ4n) is 2.69. The van der Waals surface area contributed by atoms with Crippen LogP contribution in [0.15, 0.2) is 0 Å². The van der Waals surface area contributed by atoms with Crippen LogP contribution in [0.3, 0.4) is 0 Å². The summed E-state index contributed by atoms with van der Waals surface area (Å²) in [5.74, 6) is 0.604. The first-order chi connectivity index (χ1) is 8.86. The molecule has 8 heteroatoms. The van der Waals surface area contributed by atoms with Crippen molar-refractivity contribution in [1.29, 1.82) is 0 Å². The normalized spacial score (nSPS) is 28.5. The minimum absolute atomic E-state index is 0.0560. The topological polar surface area (TPSA) is 92.3 Å². The molecule has 1 unspecified atom stereocenters. The first kappa shape index (κ1) is 15.2. The fraction of sp³-hybridized carbons (Fsp3) is 1.00. The highest BCUT2D eigenvalue weighted by atomic mass is 32.2. The molecule has 0 aromatic carbocycles. The van der Waals surface area contributed by atoms with E-state index in [-0.39, 0.29) is 17.3 Å². The van der Waals surface area contributed by atoms with E-state index in [2.05, 4.69) is 10.0 Å². The molecule has 0 radical (unpaired) electrons. The van der Waals surface area contributed by atoms with Crippen LogP contribution in [-0.4, -0.2) is 53.2 Å². The van der Waals surface area contributed by atoms with Crippen LogP contribution in [-0.2, 0) is 19.9 Å². The van der Waals surface area contributed by atoms with Crippen molar-refractivity contribution in [3.63, 3.8) is 0 Å². The van der Waals surface area contributed by atoms with Gasteiger partial charge in [0, 0.05) is 6.04 Å². The minimum Gasteiger partial charge on any atom is -0.317 e. The molecule has 2 fully saturated rings. The van der Waals surface area contributed by atoms with Crippen LogP contribution in [0, 0.1) is 5.92 Å². The zero-order valence-corrected chi connectivity index (χ0v) is 12.6. The van der Waals surface area contributed by atoms with Gasteiger partial charge < -0.3 is 5.32 Å². The average Bonchev–Trinajstić information content (AvgIpc) is 2.67. The molecule has 2 aliphatic heterocycles. The minimum atomic E-state index is -3.35. The Morgan fingerprint density at radius 1 is 1.16 bits per heavy atom. The third-order valence-electron chi connectivity index (χ3n) is 3.83. The van der Waals surface area contributed by atoms with Crippen molar-refractivity contribution < 1.29 is 16.8 Å². The van der Waals surface area contributed by atoms with E-state index in [0.29, 0.717) is 18.8 Å². The van der Waals surface area contributed by atoms with Gasteiger partial charge in [-0.25, -0.2) is 21.6 Å². The number of sulfone groups is 1. The van der Waals surface area contributed by atoms with Gasteiger partial charge in [0.2, 0.25) is 10.0 Å². The van der Waals surface area contributed by atoms with Crippen LogP contribution in [0.4, 0.5) is 0 Å². The first-order valence-corrected chi connectivity index (χ1v) is 10.2. The van der Waals surface area contributed by atoms with Crippen molar-refractivity contribution in [3.8, 4) is 0 Å².